The van der Waals surface area contributed by atoms with E-state index in [-0.39, 0.29) is 0 Å². The van der Waals surface area contributed by atoms with Crippen molar-refractivity contribution < 1.29 is 9.64 Å². The van der Waals surface area contributed by atoms with Crippen LogP contribution >= 0.6 is 12.2 Å². The van der Waals surface area contributed by atoms with E-state index in [1.165, 1.54) is 43.5 Å². The minimum atomic E-state index is 0.626. The smallest absolute Gasteiger partial charge is 0.171 e. The molecular formula is C22H30N3OS+. The van der Waals surface area contributed by atoms with Crippen molar-refractivity contribution in [2.24, 2.45) is 0 Å². The summed E-state index contributed by atoms with van der Waals surface area (Å²) in [4.78, 5) is 1.72. The molecule has 0 bridgehead atoms. The lowest BCUT2D eigenvalue weighted by Crippen LogP contribution is -3.11. The summed E-state index contributed by atoms with van der Waals surface area (Å²) >= 11 is 5.40. The van der Waals surface area contributed by atoms with Crippen LogP contribution in [0.1, 0.15) is 37.3 Å². The number of rotatable bonds is 7. The molecule has 2 aromatic carbocycles. The molecule has 3 N–H and O–H groups in total. The summed E-state index contributed by atoms with van der Waals surface area (Å²) in [6, 6.07) is 16.7. The molecule has 1 fully saturated rings. The van der Waals surface area contributed by atoms with Gasteiger partial charge in [0.25, 0.3) is 0 Å². The number of anilines is 1. The van der Waals surface area contributed by atoms with Crippen molar-refractivity contribution in [3.63, 3.8) is 0 Å². The van der Waals surface area contributed by atoms with Gasteiger partial charge in [0.2, 0.25) is 0 Å². The van der Waals surface area contributed by atoms with E-state index in [0.717, 1.165) is 24.5 Å². The molecule has 27 heavy (non-hydrogen) atoms. The number of thiocarbonyl (C=S) groups is 1. The zero-order chi connectivity index (χ0) is 18.9. The number of piperidine rings is 1. The monoisotopic (exact) mass is 384 g/mol. The van der Waals surface area contributed by atoms with Crippen LogP contribution in [-0.4, -0.2) is 24.8 Å². The molecule has 1 saturated heterocycles. The van der Waals surface area contributed by atoms with Crippen molar-refractivity contribution in [1.82, 2.24) is 5.32 Å². The standard InChI is InChI=1S/C22H29N3OS/c1-2-26-21-12-10-20(11-13-21)24-22(27)23-16-18-6-8-19(9-7-18)17-25-14-4-3-5-15-25/h6-13H,2-5,14-17H2,1H3,(H2,23,24,27)/p+1. The first-order chi connectivity index (χ1) is 13.2. The average Bonchev–Trinajstić information content (AvgIpc) is 2.70. The van der Waals surface area contributed by atoms with Crippen LogP contribution in [0, 0.1) is 0 Å². The van der Waals surface area contributed by atoms with Gasteiger partial charge in [0.15, 0.2) is 5.11 Å². The van der Waals surface area contributed by atoms with Gasteiger partial charge in [-0.25, -0.2) is 0 Å². The molecule has 0 aliphatic carbocycles. The molecule has 0 amide bonds. The third-order valence-electron chi connectivity index (χ3n) is 4.91. The Morgan fingerprint density at radius 2 is 1.63 bits per heavy atom. The first-order valence-corrected chi connectivity index (χ1v) is 10.3. The molecule has 1 aliphatic rings. The Hall–Kier alpha value is -2.11. The second-order valence-electron chi connectivity index (χ2n) is 7.07. The SMILES string of the molecule is CCOc1ccc(NC(=S)NCc2ccc(C[NH+]3CCCCC3)cc2)cc1. The lowest BCUT2D eigenvalue weighted by Gasteiger charge is -2.23. The zero-order valence-electron chi connectivity index (χ0n) is 16.1. The minimum absolute atomic E-state index is 0.626. The maximum Gasteiger partial charge on any atom is 0.171 e. The number of benzene rings is 2. The van der Waals surface area contributed by atoms with Gasteiger partial charge in [-0.2, -0.15) is 0 Å². The summed E-state index contributed by atoms with van der Waals surface area (Å²) < 4.78 is 5.45. The minimum Gasteiger partial charge on any atom is -0.494 e. The predicted octanol–water partition coefficient (Wildman–Crippen LogP) is 3.14. The Balaban J connectivity index is 1.42. The number of ether oxygens (including phenoxy) is 1. The highest BCUT2D eigenvalue weighted by Crippen LogP contribution is 2.15. The van der Waals surface area contributed by atoms with E-state index in [1.54, 1.807) is 4.90 Å². The Kier molecular flexibility index (Phi) is 7.48. The molecule has 0 radical (unpaired) electrons. The van der Waals surface area contributed by atoms with Gasteiger partial charge in [-0.3, -0.25) is 0 Å². The van der Waals surface area contributed by atoms with Gasteiger partial charge >= 0.3 is 0 Å². The summed E-state index contributed by atoms with van der Waals surface area (Å²) in [6.45, 7) is 7.15. The van der Waals surface area contributed by atoms with Crippen molar-refractivity contribution in [3.8, 4) is 5.75 Å². The second-order valence-corrected chi connectivity index (χ2v) is 7.48. The largest absolute Gasteiger partial charge is 0.494 e. The number of likely N-dealkylation sites (tertiary alicyclic amines) is 1. The van der Waals surface area contributed by atoms with Crippen molar-refractivity contribution in [3.05, 3.63) is 59.7 Å². The average molecular weight is 385 g/mol. The quantitative estimate of drug-likeness (QED) is 0.641. The van der Waals surface area contributed by atoms with Gasteiger partial charge in [0.05, 0.1) is 19.7 Å². The van der Waals surface area contributed by atoms with Gasteiger partial charge < -0.3 is 20.3 Å². The van der Waals surface area contributed by atoms with Crippen LogP contribution < -0.4 is 20.3 Å². The fourth-order valence-corrected chi connectivity index (χ4v) is 3.64. The fraction of sp³-hybridized carbons (Fsp3) is 0.409. The van der Waals surface area contributed by atoms with E-state index >= 15 is 0 Å². The zero-order valence-corrected chi connectivity index (χ0v) is 16.9. The van der Waals surface area contributed by atoms with E-state index in [2.05, 4.69) is 34.9 Å². The summed E-state index contributed by atoms with van der Waals surface area (Å²) in [6.07, 6.45) is 4.14. The molecule has 0 atom stereocenters. The van der Waals surface area contributed by atoms with Crippen LogP contribution in [0.2, 0.25) is 0 Å². The van der Waals surface area contributed by atoms with Crippen LogP contribution in [0.15, 0.2) is 48.5 Å². The molecule has 2 aromatic rings. The molecule has 0 saturated carbocycles. The fourth-order valence-electron chi connectivity index (χ4n) is 3.45. The molecule has 4 nitrogen and oxygen atoms in total. The third-order valence-corrected chi connectivity index (χ3v) is 5.16. The van der Waals surface area contributed by atoms with Gasteiger partial charge in [0, 0.05) is 17.8 Å². The van der Waals surface area contributed by atoms with Crippen LogP contribution in [-0.2, 0) is 13.1 Å². The normalized spacial score (nSPS) is 14.6. The number of hydrogen-bond acceptors (Lipinski definition) is 2. The van der Waals surface area contributed by atoms with Crippen molar-refractivity contribution in [1.29, 1.82) is 0 Å². The summed E-state index contributed by atoms with van der Waals surface area (Å²) in [5, 5.41) is 7.11. The molecule has 0 aromatic heterocycles. The summed E-state index contributed by atoms with van der Waals surface area (Å²) in [5.74, 6) is 0.869. The van der Waals surface area contributed by atoms with Crippen LogP contribution in [0.25, 0.3) is 0 Å². The summed E-state index contributed by atoms with van der Waals surface area (Å²) in [5.41, 5.74) is 3.62. The molecule has 144 valence electrons. The van der Waals surface area contributed by atoms with Gasteiger partial charge in [0.1, 0.15) is 12.3 Å². The van der Waals surface area contributed by atoms with E-state index < -0.39 is 0 Å². The Labute approximate surface area is 167 Å². The maximum absolute atomic E-state index is 5.45. The van der Waals surface area contributed by atoms with E-state index in [9.17, 15) is 0 Å². The molecular weight excluding hydrogens is 354 g/mol. The van der Waals surface area contributed by atoms with Gasteiger partial charge in [-0.05, 0) is 68.2 Å². The van der Waals surface area contributed by atoms with Crippen molar-refractivity contribution in [2.45, 2.75) is 39.3 Å². The van der Waals surface area contributed by atoms with Crippen molar-refractivity contribution >= 4 is 23.0 Å². The van der Waals surface area contributed by atoms with Gasteiger partial charge in [-0.1, -0.05) is 24.3 Å². The van der Waals surface area contributed by atoms with E-state index in [0.29, 0.717) is 11.7 Å². The molecule has 0 spiro atoms. The highest BCUT2D eigenvalue weighted by molar-refractivity contribution is 7.80. The van der Waals surface area contributed by atoms with Gasteiger partial charge in [-0.15, -0.1) is 0 Å². The highest BCUT2D eigenvalue weighted by atomic mass is 32.1. The van der Waals surface area contributed by atoms with E-state index in [1.807, 2.05) is 31.2 Å². The Bertz CT molecular complexity index is 709. The summed E-state index contributed by atoms with van der Waals surface area (Å²) in [7, 11) is 0. The Morgan fingerprint density at radius 1 is 0.963 bits per heavy atom. The molecule has 1 heterocycles. The third kappa shape index (κ3) is 6.52. The number of quaternary nitrogens is 1. The molecule has 3 rings (SSSR count). The van der Waals surface area contributed by atoms with Crippen LogP contribution in [0.4, 0.5) is 5.69 Å². The second kappa shape index (κ2) is 10.3. The lowest BCUT2D eigenvalue weighted by molar-refractivity contribution is -0.918. The van der Waals surface area contributed by atoms with Crippen LogP contribution in [0.3, 0.4) is 0 Å². The first-order valence-electron chi connectivity index (χ1n) is 9.92. The first kappa shape index (κ1) is 19.6. The molecule has 1 aliphatic heterocycles. The Morgan fingerprint density at radius 3 is 2.30 bits per heavy atom. The van der Waals surface area contributed by atoms with Crippen molar-refractivity contribution in [2.75, 3.05) is 25.0 Å². The lowest BCUT2D eigenvalue weighted by atomic mass is 10.1. The van der Waals surface area contributed by atoms with Crippen LogP contribution in [0.5, 0.6) is 5.75 Å². The molecule has 5 heteroatoms. The topological polar surface area (TPSA) is 37.7 Å². The number of hydrogen-bond donors (Lipinski definition) is 3. The maximum atomic E-state index is 5.45. The highest BCUT2D eigenvalue weighted by Gasteiger charge is 2.13. The molecule has 0 unspecified atom stereocenters. The van der Waals surface area contributed by atoms with E-state index in [4.69, 9.17) is 17.0 Å². The number of nitrogens with one attached hydrogen (secondary N) is 3. The predicted molar refractivity (Wildman–Crippen MR) is 115 cm³/mol.